The lowest BCUT2D eigenvalue weighted by molar-refractivity contribution is 0.288. The zero-order valence-corrected chi connectivity index (χ0v) is 10.2. The Morgan fingerprint density at radius 2 is 1.67 bits per heavy atom. The van der Waals surface area contributed by atoms with Crippen molar-refractivity contribution in [3.63, 3.8) is 0 Å². The van der Waals surface area contributed by atoms with Gasteiger partial charge in [-0.2, -0.15) is 0 Å². The van der Waals surface area contributed by atoms with Gasteiger partial charge in [-0.3, -0.25) is 0 Å². The van der Waals surface area contributed by atoms with Crippen molar-refractivity contribution < 1.29 is 5.11 Å². The third-order valence-electron chi connectivity index (χ3n) is 2.90. The first-order valence-electron chi connectivity index (χ1n) is 6.06. The van der Waals surface area contributed by atoms with E-state index in [2.05, 4.69) is 17.4 Å². The Labute approximate surface area is 107 Å². The monoisotopic (exact) mass is 242 g/mol. The molecule has 0 saturated carbocycles. The Morgan fingerprint density at radius 1 is 1.00 bits per heavy atom. The molecule has 0 heterocycles. The first-order valence-corrected chi connectivity index (χ1v) is 6.06. The van der Waals surface area contributed by atoms with Crippen molar-refractivity contribution in [1.82, 2.24) is 5.32 Å². The molecule has 18 heavy (non-hydrogen) atoms. The van der Waals surface area contributed by atoms with Crippen LogP contribution >= 0.6 is 0 Å². The summed E-state index contributed by atoms with van der Waals surface area (Å²) in [4.78, 5) is 0. The van der Waals surface area contributed by atoms with Crippen molar-refractivity contribution in [3.8, 4) is 0 Å². The fourth-order valence-electron chi connectivity index (χ4n) is 2.04. The number of nitrogens with one attached hydrogen (secondary N) is 1. The molecule has 1 atom stereocenters. The quantitative estimate of drug-likeness (QED) is 0.702. The molecular formula is C15H18N2O. The molecule has 94 valence electrons. The summed E-state index contributed by atoms with van der Waals surface area (Å²) >= 11 is 0. The lowest BCUT2D eigenvalue weighted by Crippen LogP contribution is -2.26. The standard InChI is InChI=1S/C15H18N2O/c16-14-9-5-4-8-13(14)15(17-10-11-18)12-6-2-1-3-7-12/h1-9,15,17-18H,10-11,16H2. The summed E-state index contributed by atoms with van der Waals surface area (Å²) in [5, 5.41) is 12.3. The molecule has 1 unspecified atom stereocenters. The van der Waals surface area contributed by atoms with E-state index < -0.39 is 0 Å². The Kier molecular flexibility index (Phi) is 4.34. The SMILES string of the molecule is Nc1ccccc1C(NCCO)c1ccccc1. The Hall–Kier alpha value is -1.84. The maximum Gasteiger partial charge on any atom is 0.0597 e. The average Bonchev–Trinajstić information content (AvgIpc) is 2.42. The summed E-state index contributed by atoms with van der Waals surface area (Å²) in [6.07, 6.45) is 0. The highest BCUT2D eigenvalue weighted by molar-refractivity contribution is 5.51. The van der Waals surface area contributed by atoms with Crippen LogP contribution in [0.5, 0.6) is 0 Å². The van der Waals surface area contributed by atoms with E-state index >= 15 is 0 Å². The number of anilines is 1. The van der Waals surface area contributed by atoms with E-state index in [1.165, 1.54) is 0 Å². The second kappa shape index (κ2) is 6.19. The Balaban J connectivity index is 2.34. The molecule has 0 spiro atoms. The van der Waals surface area contributed by atoms with Crippen molar-refractivity contribution in [1.29, 1.82) is 0 Å². The maximum atomic E-state index is 8.98. The molecule has 0 aromatic heterocycles. The third kappa shape index (κ3) is 2.88. The number of aliphatic hydroxyl groups excluding tert-OH is 1. The van der Waals surface area contributed by atoms with Gasteiger partial charge in [-0.15, -0.1) is 0 Å². The number of hydrogen-bond donors (Lipinski definition) is 3. The summed E-state index contributed by atoms with van der Waals surface area (Å²) in [6.45, 7) is 0.643. The molecule has 2 aromatic carbocycles. The van der Waals surface area contributed by atoms with Crippen LogP contribution in [0, 0.1) is 0 Å². The highest BCUT2D eigenvalue weighted by Gasteiger charge is 2.14. The van der Waals surface area contributed by atoms with E-state index in [1.54, 1.807) is 0 Å². The van der Waals surface area contributed by atoms with Crippen molar-refractivity contribution in [2.24, 2.45) is 0 Å². The molecule has 0 aliphatic heterocycles. The van der Waals surface area contributed by atoms with Gasteiger partial charge >= 0.3 is 0 Å². The minimum absolute atomic E-state index is 0.0135. The summed E-state index contributed by atoms with van der Waals surface area (Å²) in [7, 11) is 0. The minimum atomic E-state index is 0.0135. The lowest BCUT2D eigenvalue weighted by atomic mass is 9.97. The second-order valence-corrected chi connectivity index (χ2v) is 4.15. The molecule has 3 nitrogen and oxygen atoms in total. The van der Waals surface area contributed by atoms with Crippen LogP contribution in [0.3, 0.4) is 0 Å². The van der Waals surface area contributed by atoms with Crippen molar-refractivity contribution in [2.45, 2.75) is 6.04 Å². The van der Waals surface area contributed by atoms with Crippen LogP contribution in [0.4, 0.5) is 5.69 Å². The number of hydrogen-bond acceptors (Lipinski definition) is 3. The minimum Gasteiger partial charge on any atom is -0.398 e. The van der Waals surface area contributed by atoms with Crippen LogP contribution in [0.1, 0.15) is 17.2 Å². The van der Waals surface area contributed by atoms with Crippen LogP contribution in [0.25, 0.3) is 0 Å². The van der Waals surface area contributed by atoms with Crippen LogP contribution in [0.2, 0.25) is 0 Å². The highest BCUT2D eigenvalue weighted by Crippen LogP contribution is 2.26. The predicted molar refractivity (Wildman–Crippen MR) is 74.2 cm³/mol. The third-order valence-corrected chi connectivity index (χ3v) is 2.90. The largest absolute Gasteiger partial charge is 0.398 e. The predicted octanol–water partition coefficient (Wildman–Crippen LogP) is 1.94. The van der Waals surface area contributed by atoms with Gasteiger partial charge in [0.2, 0.25) is 0 Å². The van der Waals surface area contributed by atoms with Gasteiger partial charge in [-0.25, -0.2) is 0 Å². The molecule has 0 radical (unpaired) electrons. The molecule has 2 rings (SSSR count). The molecule has 3 heteroatoms. The topological polar surface area (TPSA) is 58.3 Å². The molecule has 0 bridgehead atoms. The molecule has 0 fully saturated rings. The van der Waals surface area contributed by atoms with E-state index in [-0.39, 0.29) is 12.6 Å². The summed E-state index contributed by atoms with van der Waals surface area (Å²) in [6, 6.07) is 17.9. The van der Waals surface area contributed by atoms with Gasteiger partial charge in [-0.1, -0.05) is 48.5 Å². The zero-order valence-electron chi connectivity index (χ0n) is 10.2. The fraction of sp³-hybridized carbons (Fsp3) is 0.200. The Morgan fingerprint density at radius 3 is 2.33 bits per heavy atom. The number of nitrogens with two attached hydrogens (primary N) is 1. The molecule has 4 N–H and O–H groups in total. The first kappa shape index (κ1) is 12.6. The molecule has 0 saturated heterocycles. The van der Waals surface area contributed by atoms with Gasteiger partial charge in [-0.05, 0) is 17.2 Å². The number of aliphatic hydroxyl groups is 1. The molecule has 0 aliphatic carbocycles. The van der Waals surface area contributed by atoms with E-state index in [1.807, 2.05) is 42.5 Å². The van der Waals surface area contributed by atoms with Gasteiger partial charge < -0.3 is 16.2 Å². The van der Waals surface area contributed by atoms with Gasteiger partial charge in [0.05, 0.1) is 12.6 Å². The van der Waals surface area contributed by atoms with E-state index in [9.17, 15) is 0 Å². The maximum absolute atomic E-state index is 8.98. The van der Waals surface area contributed by atoms with Crippen molar-refractivity contribution >= 4 is 5.69 Å². The van der Waals surface area contributed by atoms with Gasteiger partial charge in [0, 0.05) is 12.2 Å². The van der Waals surface area contributed by atoms with Gasteiger partial charge in [0.25, 0.3) is 0 Å². The molecule has 0 aliphatic rings. The number of rotatable bonds is 5. The number of benzene rings is 2. The molecule has 0 amide bonds. The zero-order chi connectivity index (χ0) is 12.8. The lowest BCUT2D eigenvalue weighted by Gasteiger charge is -2.20. The summed E-state index contributed by atoms with van der Waals surface area (Å²) in [5.41, 5.74) is 8.97. The average molecular weight is 242 g/mol. The Bertz CT molecular complexity index is 485. The fourth-order valence-corrected chi connectivity index (χ4v) is 2.04. The van der Waals surface area contributed by atoms with Crippen molar-refractivity contribution in [2.75, 3.05) is 18.9 Å². The first-order chi connectivity index (χ1) is 8.83. The van der Waals surface area contributed by atoms with Gasteiger partial charge in [0.15, 0.2) is 0 Å². The van der Waals surface area contributed by atoms with Crippen LogP contribution in [0.15, 0.2) is 54.6 Å². The van der Waals surface area contributed by atoms with E-state index in [0.29, 0.717) is 6.54 Å². The second-order valence-electron chi connectivity index (χ2n) is 4.15. The van der Waals surface area contributed by atoms with Crippen LogP contribution < -0.4 is 11.1 Å². The highest BCUT2D eigenvalue weighted by atomic mass is 16.3. The summed E-state index contributed by atoms with van der Waals surface area (Å²) in [5.74, 6) is 0. The molecular weight excluding hydrogens is 224 g/mol. The smallest absolute Gasteiger partial charge is 0.0597 e. The van der Waals surface area contributed by atoms with Crippen LogP contribution in [-0.4, -0.2) is 18.3 Å². The van der Waals surface area contributed by atoms with E-state index in [0.717, 1.165) is 16.8 Å². The number of para-hydroxylation sites is 1. The summed E-state index contributed by atoms with van der Waals surface area (Å²) < 4.78 is 0. The van der Waals surface area contributed by atoms with Crippen molar-refractivity contribution in [3.05, 3.63) is 65.7 Å². The van der Waals surface area contributed by atoms with E-state index in [4.69, 9.17) is 10.8 Å². The van der Waals surface area contributed by atoms with Crippen LogP contribution in [-0.2, 0) is 0 Å². The normalized spacial score (nSPS) is 12.3. The molecule has 2 aromatic rings. The number of nitrogen functional groups attached to an aromatic ring is 1. The van der Waals surface area contributed by atoms with Gasteiger partial charge in [0.1, 0.15) is 0 Å².